The Bertz CT molecular complexity index is 1130. The number of hydrogen-bond acceptors (Lipinski definition) is 6. The summed E-state index contributed by atoms with van der Waals surface area (Å²) in [4.78, 5) is 24.7. The fourth-order valence-electron chi connectivity index (χ4n) is 3.23. The van der Waals surface area contributed by atoms with Crippen molar-refractivity contribution in [2.45, 2.75) is 51.0 Å². The number of carbonyl (C=O) groups excluding carboxylic acids is 2. The third kappa shape index (κ3) is 5.46. The second-order valence-corrected chi connectivity index (χ2v) is 10.3. The van der Waals surface area contributed by atoms with E-state index < -0.39 is 33.4 Å². The molecule has 0 atom stereocenters. The average Bonchev–Trinajstić information content (AvgIpc) is 3.33. The predicted molar refractivity (Wildman–Crippen MR) is 116 cm³/mol. The maximum Gasteiger partial charge on any atom is 0.412 e. The number of carbonyl (C=O) groups is 2. The number of amides is 2. The van der Waals surface area contributed by atoms with Crippen LogP contribution < -0.4 is 10.6 Å². The van der Waals surface area contributed by atoms with Gasteiger partial charge >= 0.3 is 6.09 Å². The third-order valence-corrected chi connectivity index (χ3v) is 6.65. The van der Waals surface area contributed by atoms with Crippen LogP contribution in [0.2, 0.25) is 0 Å². The number of rotatable bonds is 5. The number of halogens is 1. The van der Waals surface area contributed by atoms with Crippen molar-refractivity contribution in [1.29, 1.82) is 0 Å². The highest BCUT2D eigenvalue weighted by atomic mass is 32.2. The van der Waals surface area contributed by atoms with Gasteiger partial charge in [-0.2, -0.15) is 4.31 Å². The summed E-state index contributed by atoms with van der Waals surface area (Å²) >= 11 is 0. The van der Waals surface area contributed by atoms with Crippen LogP contribution in [0.15, 0.2) is 33.6 Å². The normalized spacial score (nSPS) is 14.9. The number of nitrogens with one attached hydrogen (secondary N) is 2. The molecular formula is C21H26FN3O6S. The monoisotopic (exact) mass is 467 g/mol. The summed E-state index contributed by atoms with van der Waals surface area (Å²) in [6.45, 7) is 7.35. The van der Waals surface area contributed by atoms with E-state index in [1.807, 2.05) is 0 Å². The average molecular weight is 468 g/mol. The SMILES string of the molecule is Cc1oc(C(=O)Nc2cc(F)ccc2NC(=O)OC(C)(C)C)cc1S(=O)(=O)N1CCCC1. The fourth-order valence-corrected chi connectivity index (χ4v) is 4.91. The Labute approximate surface area is 186 Å². The number of ether oxygens (including phenoxy) is 1. The van der Waals surface area contributed by atoms with E-state index in [1.165, 1.54) is 17.3 Å². The van der Waals surface area contributed by atoms with E-state index in [-0.39, 0.29) is 27.8 Å². The number of anilines is 2. The van der Waals surface area contributed by atoms with Crippen molar-refractivity contribution in [3.63, 3.8) is 0 Å². The van der Waals surface area contributed by atoms with Gasteiger partial charge in [-0.25, -0.2) is 17.6 Å². The molecule has 2 heterocycles. The first-order chi connectivity index (χ1) is 14.9. The molecule has 1 saturated heterocycles. The standard InChI is InChI=1S/C21H26FN3O6S/c1-13-18(32(28,29)25-9-5-6-10-25)12-17(30-13)19(26)23-16-11-14(22)7-8-15(16)24-20(27)31-21(2,3)4/h7-8,11-12H,5-6,9-10H2,1-4H3,(H,23,26)(H,24,27). The van der Waals surface area contributed by atoms with Crippen molar-refractivity contribution >= 4 is 33.4 Å². The summed E-state index contributed by atoms with van der Waals surface area (Å²) in [5.41, 5.74) is -0.697. The Balaban J connectivity index is 1.82. The van der Waals surface area contributed by atoms with Gasteiger partial charge in [-0.05, 0) is 58.7 Å². The smallest absolute Gasteiger partial charge is 0.412 e. The van der Waals surface area contributed by atoms with Gasteiger partial charge in [0.2, 0.25) is 10.0 Å². The molecule has 174 valence electrons. The first-order valence-corrected chi connectivity index (χ1v) is 11.5. The molecule has 0 spiro atoms. The number of furan rings is 1. The minimum atomic E-state index is -3.78. The molecule has 2 aromatic rings. The topological polar surface area (TPSA) is 118 Å². The Kier molecular flexibility index (Phi) is 6.61. The molecule has 11 heteroatoms. The molecule has 3 rings (SSSR count). The van der Waals surface area contributed by atoms with E-state index in [4.69, 9.17) is 9.15 Å². The second-order valence-electron chi connectivity index (χ2n) is 8.41. The molecule has 1 aromatic carbocycles. The van der Waals surface area contributed by atoms with Crippen molar-refractivity contribution in [2.75, 3.05) is 23.7 Å². The largest absolute Gasteiger partial charge is 0.455 e. The molecule has 1 aliphatic heterocycles. The van der Waals surface area contributed by atoms with Crippen LogP contribution in [-0.2, 0) is 14.8 Å². The number of aryl methyl sites for hydroxylation is 1. The molecule has 32 heavy (non-hydrogen) atoms. The molecule has 2 amide bonds. The van der Waals surface area contributed by atoms with Gasteiger partial charge in [0.05, 0.1) is 11.4 Å². The number of nitrogens with zero attached hydrogens (tertiary/aromatic N) is 1. The zero-order valence-corrected chi connectivity index (χ0v) is 19.1. The van der Waals surface area contributed by atoms with Gasteiger partial charge in [-0.3, -0.25) is 10.1 Å². The van der Waals surface area contributed by atoms with Crippen LogP contribution in [-0.4, -0.2) is 43.4 Å². The van der Waals surface area contributed by atoms with Crippen molar-refractivity contribution in [1.82, 2.24) is 4.31 Å². The number of benzene rings is 1. The second kappa shape index (κ2) is 8.91. The Morgan fingerprint density at radius 3 is 2.38 bits per heavy atom. The lowest BCUT2D eigenvalue weighted by Gasteiger charge is -2.20. The van der Waals surface area contributed by atoms with Gasteiger partial charge in [-0.15, -0.1) is 0 Å². The molecule has 0 radical (unpaired) electrons. The molecular weight excluding hydrogens is 441 g/mol. The van der Waals surface area contributed by atoms with Crippen LogP contribution in [0.5, 0.6) is 0 Å². The van der Waals surface area contributed by atoms with Crippen LogP contribution in [0, 0.1) is 12.7 Å². The van der Waals surface area contributed by atoms with Gasteiger partial charge in [-0.1, -0.05) is 0 Å². The van der Waals surface area contributed by atoms with Crippen molar-refractivity contribution < 1.29 is 31.6 Å². The quantitative estimate of drug-likeness (QED) is 0.683. The maximum absolute atomic E-state index is 13.8. The summed E-state index contributed by atoms with van der Waals surface area (Å²) in [5, 5.41) is 4.90. The lowest BCUT2D eigenvalue weighted by Crippen LogP contribution is -2.28. The molecule has 2 N–H and O–H groups in total. The van der Waals surface area contributed by atoms with Crippen LogP contribution in [0.25, 0.3) is 0 Å². The molecule has 1 aliphatic rings. The summed E-state index contributed by atoms with van der Waals surface area (Å²) < 4.78 is 51.3. The predicted octanol–water partition coefficient (Wildman–Crippen LogP) is 4.11. The van der Waals surface area contributed by atoms with Gasteiger partial charge in [0.15, 0.2) is 5.76 Å². The molecule has 0 saturated carbocycles. The lowest BCUT2D eigenvalue weighted by atomic mass is 10.2. The van der Waals surface area contributed by atoms with Crippen molar-refractivity contribution in [3.05, 3.63) is 41.6 Å². The van der Waals surface area contributed by atoms with Crippen molar-refractivity contribution in [2.24, 2.45) is 0 Å². The Morgan fingerprint density at radius 2 is 1.75 bits per heavy atom. The van der Waals surface area contributed by atoms with E-state index in [0.717, 1.165) is 31.0 Å². The van der Waals surface area contributed by atoms with Gasteiger partial charge in [0.1, 0.15) is 22.1 Å². The van der Waals surface area contributed by atoms with Crippen LogP contribution in [0.1, 0.15) is 49.9 Å². The Morgan fingerprint density at radius 1 is 1.09 bits per heavy atom. The minimum absolute atomic E-state index is 0.0427. The highest BCUT2D eigenvalue weighted by Gasteiger charge is 2.32. The van der Waals surface area contributed by atoms with Crippen LogP contribution in [0.4, 0.5) is 20.6 Å². The van der Waals surface area contributed by atoms with Crippen molar-refractivity contribution in [3.8, 4) is 0 Å². The molecule has 0 unspecified atom stereocenters. The summed E-state index contributed by atoms with van der Waals surface area (Å²) in [6.07, 6.45) is 0.764. The summed E-state index contributed by atoms with van der Waals surface area (Å²) in [6, 6.07) is 4.55. The zero-order valence-electron chi connectivity index (χ0n) is 18.3. The molecule has 0 bridgehead atoms. The van der Waals surface area contributed by atoms with Gasteiger partial charge in [0.25, 0.3) is 5.91 Å². The van der Waals surface area contributed by atoms with E-state index >= 15 is 0 Å². The van der Waals surface area contributed by atoms with Gasteiger partial charge < -0.3 is 14.5 Å². The highest BCUT2D eigenvalue weighted by Crippen LogP contribution is 2.28. The lowest BCUT2D eigenvalue weighted by molar-refractivity contribution is 0.0635. The highest BCUT2D eigenvalue weighted by molar-refractivity contribution is 7.89. The molecule has 1 fully saturated rings. The first kappa shape index (κ1) is 23.7. The fraction of sp³-hybridized carbons (Fsp3) is 0.429. The molecule has 9 nitrogen and oxygen atoms in total. The van der Waals surface area contributed by atoms with Crippen LogP contribution >= 0.6 is 0 Å². The van der Waals surface area contributed by atoms with E-state index in [0.29, 0.717) is 13.1 Å². The number of sulfonamides is 1. The van der Waals surface area contributed by atoms with E-state index in [1.54, 1.807) is 20.8 Å². The summed E-state index contributed by atoms with van der Waals surface area (Å²) in [5.74, 6) is -1.63. The maximum atomic E-state index is 13.8. The molecule has 1 aromatic heterocycles. The van der Waals surface area contributed by atoms with Crippen LogP contribution in [0.3, 0.4) is 0 Å². The first-order valence-electron chi connectivity index (χ1n) is 10.1. The summed E-state index contributed by atoms with van der Waals surface area (Å²) in [7, 11) is -3.78. The third-order valence-electron chi connectivity index (χ3n) is 4.64. The zero-order chi connectivity index (χ0) is 23.7. The van der Waals surface area contributed by atoms with E-state index in [2.05, 4.69) is 10.6 Å². The number of hydrogen-bond donors (Lipinski definition) is 2. The van der Waals surface area contributed by atoms with Gasteiger partial charge in [0, 0.05) is 19.2 Å². The minimum Gasteiger partial charge on any atom is -0.455 e. The Hall–Kier alpha value is -2.92. The molecule has 0 aliphatic carbocycles. The van der Waals surface area contributed by atoms with E-state index in [9.17, 15) is 22.4 Å².